The minimum atomic E-state index is 0.0157. The highest BCUT2D eigenvalue weighted by molar-refractivity contribution is 5.80. The van der Waals surface area contributed by atoms with Gasteiger partial charge in [-0.05, 0) is 44.7 Å². The van der Waals surface area contributed by atoms with Gasteiger partial charge in [-0.2, -0.15) is 5.26 Å². The Bertz CT molecular complexity index is 684. The summed E-state index contributed by atoms with van der Waals surface area (Å²) >= 11 is 0. The second kappa shape index (κ2) is 5.97. The van der Waals surface area contributed by atoms with Crippen LogP contribution in [-0.4, -0.2) is 47.0 Å². The van der Waals surface area contributed by atoms with Crippen molar-refractivity contribution in [3.63, 3.8) is 0 Å². The number of hydrogen-bond donors (Lipinski definition) is 1. The molecule has 0 aromatic carbocycles. The van der Waals surface area contributed by atoms with Crippen LogP contribution in [-0.2, 0) is 4.79 Å². The largest absolute Gasteiger partial charge is 0.356 e. The first-order chi connectivity index (χ1) is 11.7. The van der Waals surface area contributed by atoms with Crippen molar-refractivity contribution in [2.75, 3.05) is 18.0 Å². The standard InChI is InChI=1S/C18H23N5O/c1-12-3-2-4-17(20-12)22-8-7-13(10-22)18(24)21-15-9-14-5-6-16(15)23(14)11-19/h2-4,13-16H,5-10H2,1H3,(H,21,24)/t13-,14-,15+,16+/m0/s1. The van der Waals surface area contributed by atoms with Crippen molar-refractivity contribution in [1.82, 2.24) is 15.2 Å². The van der Waals surface area contributed by atoms with E-state index >= 15 is 0 Å². The summed E-state index contributed by atoms with van der Waals surface area (Å²) in [6, 6.07) is 6.69. The van der Waals surface area contributed by atoms with Gasteiger partial charge >= 0.3 is 0 Å². The molecule has 1 amide bonds. The molecule has 3 saturated heterocycles. The summed E-state index contributed by atoms with van der Waals surface area (Å²) < 4.78 is 0. The molecule has 3 aliphatic rings. The normalized spacial score (nSPS) is 31.3. The summed E-state index contributed by atoms with van der Waals surface area (Å²) in [5.41, 5.74) is 0.999. The average Bonchev–Trinajstić information content (AvgIpc) is 3.28. The molecule has 3 fully saturated rings. The van der Waals surface area contributed by atoms with Crippen molar-refractivity contribution in [2.24, 2.45) is 5.92 Å². The van der Waals surface area contributed by atoms with Crippen LogP contribution in [0.2, 0.25) is 0 Å². The summed E-state index contributed by atoms with van der Waals surface area (Å²) in [4.78, 5) is 21.3. The molecule has 4 atom stereocenters. The van der Waals surface area contributed by atoms with Crippen LogP contribution in [0.3, 0.4) is 0 Å². The molecule has 0 saturated carbocycles. The van der Waals surface area contributed by atoms with Crippen molar-refractivity contribution < 1.29 is 4.79 Å². The summed E-state index contributed by atoms with van der Waals surface area (Å²) in [7, 11) is 0. The molecule has 2 bridgehead atoms. The molecule has 6 heteroatoms. The molecule has 0 aliphatic carbocycles. The van der Waals surface area contributed by atoms with Gasteiger partial charge in [0.1, 0.15) is 5.82 Å². The van der Waals surface area contributed by atoms with Gasteiger partial charge in [0.05, 0.1) is 18.0 Å². The number of nitrogens with one attached hydrogen (secondary N) is 1. The van der Waals surface area contributed by atoms with E-state index in [9.17, 15) is 10.1 Å². The lowest BCUT2D eigenvalue weighted by Crippen LogP contribution is -2.46. The number of aromatic nitrogens is 1. The molecule has 1 aromatic rings. The van der Waals surface area contributed by atoms with Gasteiger partial charge in [-0.1, -0.05) is 6.07 Å². The number of carbonyl (C=O) groups excluding carboxylic acids is 1. The van der Waals surface area contributed by atoms with E-state index in [0.717, 1.165) is 50.3 Å². The SMILES string of the molecule is Cc1cccc(N2CC[C@H](C(=O)N[C@@H]3C[C@@H]4CC[C@H]3N4C#N)C2)n1. The van der Waals surface area contributed by atoms with Crippen LogP contribution in [0.1, 0.15) is 31.4 Å². The van der Waals surface area contributed by atoms with Crippen LogP contribution >= 0.6 is 0 Å². The number of aryl methyl sites for hydroxylation is 1. The van der Waals surface area contributed by atoms with E-state index in [1.54, 1.807) is 0 Å². The van der Waals surface area contributed by atoms with Crippen molar-refractivity contribution in [1.29, 1.82) is 5.26 Å². The Morgan fingerprint density at radius 3 is 3.00 bits per heavy atom. The van der Waals surface area contributed by atoms with E-state index in [2.05, 4.69) is 21.4 Å². The smallest absolute Gasteiger partial charge is 0.225 e. The van der Waals surface area contributed by atoms with Crippen LogP contribution in [0, 0.1) is 24.3 Å². The molecule has 0 unspecified atom stereocenters. The Balaban J connectivity index is 1.36. The maximum Gasteiger partial charge on any atom is 0.225 e. The van der Waals surface area contributed by atoms with E-state index in [1.807, 2.05) is 30.0 Å². The van der Waals surface area contributed by atoms with Crippen LogP contribution < -0.4 is 10.2 Å². The molecule has 1 N–H and O–H groups in total. The Kier molecular flexibility index (Phi) is 3.79. The number of nitriles is 1. The fraction of sp³-hybridized carbons (Fsp3) is 0.611. The van der Waals surface area contributed by atoms with Gasteiger partial charge in [-0.15, -0.1) is 0 Å². The minimum Gasteiger partial charge on any atom is -0.356 e. The van der Waals surface area contributed by atoms with E-state index in [4.69, 9.17) is 0 Å². The Morgan fingerprint density at radius 2 is 2.25 bits per heavy atom. The third kappa shape index (κ3) is 2.58. The quantitative estimate of drug-likeness (QED) is 0.851. The molecule has 126 valence electrons. The second-order valence-electron chi connectivity index (χ2n) is 7.23. The lowest BCUT2D eigenvalue weighted by molar-refractivity contribution is -0.125. The highest BCUT2D eigenvalue weighted by Gasteiger charge is 2.47. The molecule has 0 spiro atoms. The zero-order valence-electron chi connectivity index (χ0n) is 14.0. The molecule has 6 nitrogen and oxygen atoms in total. The number of hydrogen-bond acceptors (Lipinski definition) is 5. The van der Waals surface area contributed by atoms with Gasteiger partial charge in [0.2, 0.25) is 5.91 Å². The monoisotopic (exact) mass is 325 g/mol. The Labute approximate surface area is 142 Å². The molecular weight excluding hydrogens is 302 g/mol. The van der Waals surface area contributed by atoms with E-state index in [0.29, 0.717) is 6.04 Å². The Hall–Kier alpha value is -2.29. The van der Waals surface area contributed by atoms with E-state index in [-0.39, 0.29) is 23.9 Å². The summed E-state index contributed by atoms with van der Waals surface area (Å²) in [5, 5.41) is 12.5. The van der Waals surface area contributed by atoms with E-state index in [1.165, 1.54) is 0 Å². The molecule has 24 heavy (non-hydrogen) atoms. The molecule has 4 rings (SSSR count). The summed E-state index contributed by atoms with van der Waals surface area (Å²) in [5.74, 6) is 1.11. The lowest BCUT2D eigenvalue weighted by Gasteiger charge is -2.24. The van der Waals surface area contributed by atoms with Crippen molar-refractivity contribution in [2.45, 2.75) is 50.7 Å². The van der Waals surface area contributed by atoms with Gasteiger partial charge in [0.25, 0.3) is 0 Å². The van der Waals surface area contributed by atoms with Crippen molar-refractivity contribution in [3.05, 3.63) is 23.9 Å². The number of amides is 1. The first kappa shape index (κ1) is 15.3. The van der Waals surface area contributed by atoms with Crippen LogP contribution in [0.25, 0.3) is 0 Å². The number of nitrogens with zero attached hydrogens (tertiary/aromatic N) is 4. The summed E-state index contributed by atoms with van der Waals surface area (Å²) in [6.07, 6.45) is 6.19. The zero-order valence-corrected chi connectivity index (χ0v) is 14.0. The second-order valence-corrected chi connectivity index (χ2v) is 7.23. The number of carbonyl (C=O) groups is 1. The predicted molar refractivity (Wildman–Crippen MR) is 90.1 cm³/mol. The predicted octanol–water partition coefficient (Wildman–Crippen LogP) is 1.42. The van der Waals surface area contributed by atoms with Gasteiger partial charge in [-0.25, -0.2) is 4.98 Å². The number of anilines is 1. The lowest BCUT2D eigenvalue weighted by atomic mass is 9.95. The number of rotatable bonds is 3. The fourth-order valence-corrected chi connectivity index (χ4v) is 4.49. The third-order valence-corrected chi connectivity index (χ3v) is 5.74. The van der Waals surface area contributed by atoms with E-state index < -0.39 is 0 Å². The number of pyridine rings is 1. The maximum atomic E-state index is 12.7. The molecule has 3 aliphatic heterocycles. The van der Waals surface area contributed by atoms with Crippen LogP contribution in [0.5, 0.6) is 0 Å². The fourth-order valence-electron chi connectivity index (χ4n) is 4.49. The minimum absolute atomic E-state index is 0.0157. The molecule has 0 radical (unpaired) electrons. The van der Waals surface area contributed by atoms with Gasteiger partial charge in [-0.3, -0.25) is 4.79 Å². The highest BCUT2D eigenvalue weighted by Crippen LogP contribution is 2.37. The topological polar surface area (TPSA) is 72.3 Å². The number of fused-ring (bicyclic) bond motifs is 2. The Morgan fingerprint density at radius 1 is 1.38 bits per heavy atom. The molecular formula is C18H23N5O. The van der Waals surface area contributed by atoms with Gasteiger partial charge in [0, 0.05) is 24.8 Å². The summed E-state index contributed by atoms with van der Waals surface area (Å²) in [6.45, 7) is 3.58. The highest BCUT2D eigenvalue weighted by atomic mass is 16.2. The van der Waals surface area contributed by atoms with Gasteiger partial charge in [0.15, 0.2) is 6.19 Å². The molecule has 1 aromatic heterocycles. The zero-order chi connectivity index (χ0) is 16.7. The first-order valence-corrected chi connectivity index (χ1v) is 8.83. The molecule has 4 heterocycles. The average molecular weight is 325 g/mol. The van der Waals surface area contributed by atoms with Crippen molar-refractivity contribution in [3.8, 4) is 6.19 Å². The first-order valence-electron chi connectivity index (χ1n) is 8.83. The van der Waals surface area contributed by atoms with Crippen molar-refractivity contribution >= 4 is 11.7 Å². The third-order valence-electron chi connectivity index (χ3n) is 5.74. The van der Waals surface area contributed by atoms with Gasteiger partial charge < -0.3 is 15.1 Å². The van der Waals surface area contributed by atoms with Crippen LogP contribution in [0.15, 0.2) is 18.2 Å². The maximum absolute atomic E-state index is 12.7. The van der Waals surface area contributed by atoms with Crippen LogP contribution in [0.4, 0.5) is 5.82 Å².